The van der Waals surface area contributed by atoms with Crippen LogP contribution >= 0.6 is 0 Å². The van der Waals surface area contributed by atoms with Gasteiger partial charge in [0.1, 0.15) is 5.69 Å². The number of pyridine rings is 1. The first kappa shape index (κ1) is 12.2. The molecule has 20 heavy (non-hydrogen) atoms. The summed E-state index contributed by atoms with van der Waals surface area (Å²) in [5.74, 6) is -0.0655. The molecule has 5 heteroatoms. The number of hydrogen-bond acceptors (Lipinski definition) is 4. The van der Waals surface area contributed by atoms with E-state index >= 15 is 0 Å². The van der Waals surface area contributed by atoms with E-state index in [1.165, 1.54) is 0 Å². The highest BCUT2D eigenvalue weighted by Gasteiger charge is 2.10. The van der Waals surface area contributed by atoms with E-state index in [1.54, 1.807) is 28.9 Å². The average molecular weight is 264 g/mol. The molecule has 5 nitrogen and oxygen atoms in total. The summed E-state index contributed by atoms with van der Waals surface area (Å²) in [6, 6.07) is 14.4. The lowest BCUT2D eigenvalue weighted by Crippen LogP contribution is -2.22. The number of nitrogens with zero attached hydrogens (tertiary/aromatic N) is 3. The minimum atomic E-state index is -0.0655. The summed E-state index contributed by atoms with van der Waals surface area (Å²) in [4.78, 5) is 16.3. The summed E-state index contributed by atoms with van der Waals surface area (Å²) in [6.07, 6.45) is 1.83. The molecule has 1 N–H and O–H groups in total. The van der Waals surface area contributed by atoms with Crippen LogP contribution in [0.15, 0.2) is 54.7 Å². The highest BCUT2D eigenvalue weighted by atomic mass is 16.1. The van der Waals surface area contributed by atoms with Crippen LogP contribution in [-0.4, -0.2) is 20.4 Å². The van der Waals surface area contributed by atoms with Gasteiger partial charge in [-0.05, 0) is 12.1 Å². The van der Waals surface area contributed by atoms with Crippen molar-refractivity contribution in [2.45, 2.75) is 6.42 Å². The molecule has 2 aromatic heterocycles. The highest BCUT2D eigenvalue weighted by molar-refractivity contribution is 5.97. The summed E-state index contributed by atoms with van der Waals surface area (Å²) < 4.78 is 1.58. The number of ketones is 1. The zero-order valence-corrected chi connectivity index (χ0v) is 10.7. The molecule has 98 valence electrons. The first-order chi connectivity index (χ1) is 9.74. The molecule has 3 rings (SSSR count). The number of nitrogens with one attached hydrogen (secondary N) is 1. The number of hydrogen-bond donors (Lipinski definition) is 1. The van der Waals surface area contributed by atoms with Crippen LogP contribution in [0, 0.1) is 5.41 Å². The fraction of sp³-hybridized carbons (Fsp3) is 0.0667. The molecule has 0 atom stereocenters. The van der Waals surface area contributed by atoms with E-state index in [4.69, 9.17) is 5.41 Å². The smallest absolute Gasteiger partial charge is 0.171 e. The second-order valence-electron chi connectivity index (χ2n) is 4.38. The molecule has 0 spiro atoms. The average Bonchev–Trinajstić information content (AvgIpc) is 2.49. The normalized spacial score (nSPS) is 10.6. The zero-order chi connectivity index (χ0) is 13.9. The minimum absolute atomic E-state index is 0.0421. The second kappa shape index (κ2) is 5.05. The molecule has 0 saturated heterocycles. The largest absolute Gasteiger partial charge is 0.294 e. The van der Waals surface area contributed by atoms with E-state index in [-0.39, 0.29) is 17.7 Å². The third-order valence-corrected chi connectivity index (χ3v) is 2.97. The van der Waals surface area contributed by atoms with Crippen LogP contribution in [-0.2, 0) is 6.42 Å². The van der Waals surface area contributed by atoms with E-state index in [1.807, 2.05) is 30.3 Å². The van der Waals surface area contributed by atoms with E-state index in [9.17, 15) is 4.79 Å². The maximum Gasteiger partial charge on any atom is 0.171 e. The molecule has 0 radical (unpaired) electrons. The van der Waals surface area contributed by atoms with Crippen molar-refractivity contribution < 1.29 is 4.79 Å². The van der Waals surface area contributed by atoms with Crippen molar-refractivity contribution in [3.8, 4) is 0 Å². The lowest BCUT2D eigenvalue weighted by molar-refractivity contribution is 0.0991. The molecule has 1 aromatic carbocycles. The molecule has 0 saturated carbocycles. The van der Waals surface area contributed by atoms with Gasteiger partial charge in [0.2, 0.25) is 0 Å². The van der Waals surface area contributed by atoms with Gasteiger partial charge in [-0.1, -0.05) is 36.4 Å². The Morgan fingerprint density at radius 3 is 2.65 bits per heavy atom. The van der Waals surface area contributed by atoms with Crippen molar-refractivity contribution in [1.29, 1.82) is 5.41 Å². The number of fused-ring (bicyclic) bond motifs is 1. The fourth-order valence-corrected chi connectivity index (χ4v) is 1.95. The van der Waals surface area contributed by atoms with E-state index < -0.39 is 0 Å². The lowest BCUT2D eigenvalue weighted by atomic mass is 10.1. The summed E-state index contributed by atoms with van der Waals surface area (Å²) in [5, 5.41) is 12.2. The minimum Gasteiger partial charge on any atom is -0.294 e. The molecule has 0 unspecified atom stereocenters. The van der Waals surface area contributed by atoms with Crippen LogP contribution in [0.1, 0.15) is 16.1 Å². The number of carbonyl (C=O) groups excluding carboxylic acids is 1. The maximum absolute atomic E-state index is 12.1. The van der Waals surface area contributed by atoms with Crippen LogP contribution < -0.4 is 5.49 Å². The molecular formula is C15H12N4O. The molecule has 0 aliphatic carbocycles. The number of aromatic nitrogens is 3. The van der Waals surface area contributed by atoms with Gasteiger partial charge in [-0.25, -0.2) is 9.50 Å². The molecule has 0 aliphatic heterocycles. The predicted octanol–water partition coefficient (Wildman–Crippen LogP) is 1.63. The quantitative estimate of drug-likeness (QED) is 0.731. The van der Waals surface area contributed by atoms with Crippen LogP contribution in [0.3, 0.4) is 0 Å². The number of benzene rings is 1. The van der Waals surface area contributed by atoms with E-state index in [0.29, 0.717) is 16.9 Å². The van der Waals surface area contributed by atoms with Crippen molar-refractivity contribution >= 4 is 11.4 Å². The maximum atomic E-state index is 12.1. The Balaban J connectivity index is 1.97. The Bertz CT molecular complexity index is 824. The molecule has 0 aliphatic rings. The summed E-state index contributed by atoms with van der Waals surface area (Å²) >= 11 is 0. The number of rotatable bonds is 3. The molecule has 2 heterocycles. The Morgan fingerprint density at radius 1 is 1.10 bits per heavy atom. The third-order valence-electron chi connectivity index (χ3n) is 2.97. The highest BCUT2D eigenvalue weighted by Crippen LogP contribution is 2.03. The summed E-state index contributed by atoms with van der Waals surface area (Å²) in [5.41, 5.74) is 1.63. The molecule has 0 fully saturated rings. The van der Waals surface area contributed by atoms with Gasteiger partial charge in [0, 0.05) is 11.8 Å². The van der Waals surface area contributed by atoms with Gasteiger partial charge in [0.15, 0.2) is 16.9 Å². The van der Waals surface area contributed by atoms with Gasteiger partial charge < -0.3 is 0 Å². The number of carbonyl (C=O) groups is 1. The van der Waals surface area contributed by atoms with Crippen molar-refractivity contribution in [2.24, 2.45) is 0 Å². The molecular weight excluding hydrogens is 252 g/mol. The van der Waals surface area contributed by atoms with Crippen LogP contribution in [0.4, 0.5) is 0 Å². The predicted molar refractivity (Wildman–Crippen MR) is 73.3 cm³/mol. The summed E-state index contributed by atoms with van der Waals surface area (Å²) in [6.45, 7) is 0. The van der Waals surface area contributed by atoms with Gasteiger partial charge in [0.05, 0.1) is 6.42 Å². The number of Topliss-reactive ketones (excluding diaryl/α,β-unsaturated/α-hetero) is 1. The first-order valence-electron chi connectivity index (χ1n) is 6.21. The Morgan fingerprint density at radius 2 is 1.85 bits per heavy atom. The fourth-order valence-electron chi connectivity index (χ4n) is 1.95. The van der Waals surface area contributed by atoms with Gasteiger partial charge >= 0.3 is 0 Å². The van der Waals surface area contributed by atoms with Crippen LogP contribution in [0.5, 0.6) is 0 Å². The summed E-state index contributed by atoms with van der Waals surface area (Å²) in [7, 11) is 0. The first-order valence-corrected chi connectivity index (χ1v) is 6.21. The van der Waals surface area contributed by atoms with Gasteiger partial charge in [-0.2, -0.15) is 5.10 Å². The Labute approximate surface area is 115 Å². The van der Waals surface area contributed by atoms with E-state index in [0.717, 1.165) is 0 Å². The monoisotopic (exact) mass is 264 g/mol. The second-order valence-corrected chi connectivity index (χ2v) is 4.38. The van der Waals surface area contributed by atoms with Crippen molar-refractivity contribution in [3.63, 3.8) is 0 Å². The Hall–Kier alpha value is -2.82. The topological polar surface area (TPSA) is 71.1 Å². The third kappa shape index (κ3) is 2.33. The van der Waals surface area contributed by atoms with Crippen molar-refractivity contribution in [1.82, 2.24) is 14.6 Å². The SMILES string of the molecule is N=c1nc2ccccn2nc1CC(=O)c1ccccc1. The van der Waals surface area contributed by atoms with Gasteiger partial charge in [-0.15, -0.1) is 0 Å². The van der Waals surface area contributed by atoms with Crippen LogP contribution in [0.25, 0.3) is 5.65 Å². The van der Waals surface area contributed by atoms with Crippen molar-refractivity contribution in [2.75, 3.05) is 0 Å². The standard InChI is InChI=1S/C15H12N4O/c16-15-12(10-13(20)11-6-2-1-3-7-11)18-19-9-5-4-8-14(19)17-15/h1-9,16H,10H2. The van der Waals surface area contributed by atoms with Crippen LogP contribution in [0.2, 0.25) is 0 Å². The lowest BCUT2D eigenvalue weighted by Gasteiger charge is -2.04. The van der Waals surface area contributed by atoms with Crippen molar-refractivity contribution in [3.05, 3.63) is 71.5 Å². The molecule has 3 aromatic rings. The van der Waals surface area contributed by atoms with Gasteiger partial charge in [0.25, 0.3) is 0 Å². The van der Waals surface area contributed by atoms with E-state index in [2.05, 4.69) is 10.1 Å². The molecule has 0 bridgehead atoms. The van der Waals surface area contributed by atoms with Gasteiger partial charge in [-0.3, -0.25) is 10.2 Å². The Kier molecular flexibility index (Phi) is 3.09. The molecule has 0 amide bonds. The zero-order valence-electron chi connectivity index (χ0n) is 10.7.